The average molecular weight is 410 g/mol. The monoisotopic (exact) mass is 410 g/mol. The van der Waals surface area contributed by atoms with E-state index in [1.54, 1.807) is 42.8 Å². The number of hydrogen-bond donors (Lipinski definition) is 2. The Morgan fingerprint density at radius 2 is 2.00 bits per heavy atom. The number of nitrogen functional groups attached to an aromatic ring is 1. The number of rotatable bonds is 5. The second kappa shape index (κ2) is 7.03. The molecule has 4 rings (SSSR count). The molecule has 0 unspecified atom stereocenters. The fraction of sp³-hybridized carbons (Fsp3) is 0.222. The molecule has 0 amide bonds. The summed E-state index contributed by atoms with van der Waals surface area (Å²) < 4.78 is 27.9. The SMILES string of the molecule is CC(C)(Nc1nc(N)nc(-c2ccc3cnc(C#N)n3c2)n1)c1ccn(C(F)F)n1. The number of nitrogens with two attached hydrogens (primary N) is 1. The van der Waals surface area contributed by atoms with Crippen molar-refractivity contribution in [1.82, 2.24) is 34.1 Å². The molecule has 0 bridgehead atoms. The van der Waals surface area contributed by atoms with E-state index in [4.69, 9.17) is 5.73 Å². The van der Waals surface area contributed by atoms with Crippen molar-refractivity contribution < 1.29 is 8.78 Å². The van der Waals surface area contributed by atoms with E-state index in [9.17, 15) is 14.0 Å². The van der Waals surface area contributed by atoms with Crippen LogP contribution in [0.4, 0.5) is 20.7 Å². The van der Waals surface area contributed by atoms with Gasteiger partial charge in [0.25, 0.3) is 0 Å². The molecule has 3 N–H and O–H groups in total. The number of aromatic nitrogens is 7. The largest absolute Gasteiger partial charge is 0.368 e. The third-order valence-electron chi connectivity index (χ3n) is 4.41. The van der Waals surface area contributed by atoms with Crippen LogP contribution >= 0.6 is 0 Å². The molecule has 0 radical (unpaired) electrons. The molecule has 152 valence electrons. The van der Waals surface area contributed by atoms with E-state index in [1.807, 2.05) is 6.07 Å². The van der Waals surface area contributed by atoms with Gasteiger partial charge in [0, 0.05) is 18.0 Å². The first-order chi connectivity index (χ1) is 14.3. The van der Waals surface area contributed by atoms with Crippen LogP contribution in [0.3, 0.4) is 0 Å². The van der Waals surface area contributed by atoms with Crippen LogP contribution in [0.2, 0.25) is 0 Å². The predicted octanol–water partition coefficient (Wildman–Crippen LogP) is 2.58. The van der Waals surface area contributed by atoms with Crippen LogP contribution in [0.15, 0.2) is 36.8 Å². The molecule has 0 fully saturated rings. The maximum atomic E-state index is 12.8. The van der Waals surface area contributed by atoms with Gasteiger partial charge in [0.1, 0.15) is 6.07 Å². The lowest BCUT2D eigenvalue weighted by atomic mass is 10.0. The van der Waals surface area contributed by atoms with Gasteiger partial charge in [0.05, 0.1) is 22.9 Å². The first-order valence-corrected chi connectivity index (χ1v) is 8.78. The summed E-state index contributed by atoms with van der Waals surface area (Å²) in [6, 6.07) is 7.04. The lowest BCUT2D eigenvalue weighted by Crippen LogP contribution is -2.30. The molecule has 0 spiro atoms. The summed E-state index contributed by atoms with van der Waals surface area (Å²) in [5.41, 5.74) is 6.70. The van der Waals surface area contributed by atoms with E-state index in [-0.39, 0.29) is 23.5 Å². The molecule has 30 heavy (non-hydrogen) atoms. The lowest BCUT2D eigenvalue weighted by Gasteiger charge is -2.24. The maximum absolute atomic E-state index is 12.8. The highest BCUT2D eigenvalue weighted by Gasteiger charge is 2.26. The number of hydrogen-bond acceptors (Lipinski definition) is 8. The highest BCUT2D eigenvalue weighted by atomic mass is 19.3. The molecule has 4 aromatic rings. The van der Waals surface area contributed by atoms with Crippen molar-refractivity contribution in [3.8, 4) is 17.5 Å². The van der Waals surface area contributed by atoms with Gasteiger partial charge in [0.15, 0.2) is 5.82 Å². The Hall–Kier alpha value is -4.14. The zero-order valence-corrected chi connectivity index (χ0v) is 16.0. The molecule has 0 aromatic carbocycles. The molecule has 4 heterocycles. The van der Waals surface area contributed by atoms with Crippen LogP contribution in [0.1, 0.15) is 31.9 Å². The summed E-state index contributed by atoms with van der Waals surface area (Å²) in [5.74, 6) is 0.629. The van der Waals surface area contributed by atoms with Crippen LogP contribution in [0.25, 0.3) is 16.9 Å². The number of alkyl halides is 2. The number of nitrogens with one attached hydrogen (secondary N) is 1. The summed E-state index contributed by atoms with van der Waals surface area (Å²) in [5, 5.41) is 16.1. The van der Waals surface area contributed by atoms with Crippen LogP contribution in [-0.4, -0.2) is 34.1 Å². The Balaban J connectivity index is 1.69. The minimum absolute atomic E-state index is 0.0253. The predicted molar refractivity (Wildman–Crippen MR) is 103 cm³/mol. The molecule has 0 aliphatic heterocycles. The van der Waals surface area contributed by atoms with E-state index in [0.29, 0.717) is 15.9 Å². The van der Waals surface area contributed by atoms with Gasteiger partial charge in [-0.15, -0.1) is 0 Å². The lowest BCUT2D eigenvalue weighted by molar-refractivity contribution is 0.0558. The van der Waals surface area contributed by atoms with Crippen LogP contribution < -0.4 is 11.1 Å². The number of fused-ring (bicyclic) bond motifs is 1. The van der Waals surface area contributed by atoms with E-state index < -0.39 is 12.1 Å². The number of anilines is 2. The van der Waals surface area contributed by atoms with Gasteiger partial charge in [-0.25, -0.2) is 9.67 Å². The zero-order valence-electron chi connectivity index (χ0n) is 16.0. The van der Waals surface area contributed by atoms with Crippen LogP contribution in [0.5, 0.6) is 0 Å². The third-order valence-corrected chi connectivity index (χ3v) is 4.41. The van der Waals surface area contributed by atoms with Crippen molar-refractivity contribution in [3.05, 3.63) is 48.3 Å². The second-order valence-electron chi connectivity index (χ2n) is 6.96. The molecular weight excluding hydrogens is 394 g/mol. The highest BCUT2D eigenvalue weighted by molar-refractivity contribution is 5.61. The third kappa shape index (κ3) is 3.48. The summed E-state index contributed by atoms with van der Waals surface area (Å²) >= 11 is 0. The molecular formula is C18H16F2N10. The molecule has 0 saturated heterocycles. The molecule has 0 aliphatic carbocycles. The fourth-order valence-corrected chi connectivity index (χ4v) is 2.91. The molecule has 10 nitrogen and oxygen atoms in total. The standard InChI is InChI=1S/C18H16F2N10/c1-18(2,12-5-6-30(28-12)15(19)20)27-17-25-14(24-16(22)26-17)10-3-4-11-8-23-13(7-21)29(11)9-10/h3-6,8-9,15H,1-2H3,(H3,22,24,25,26,27). The normalized spacial score (nSPS) is 11.7. The van der Waals surface area contributed by atoms with Gasteiger partial charge in [-0.2, -0.15) is 34.1 Å². The molecule has 0 saturated carbocycles. The number of nitriles is 1. The molecule has 4 aromatic heterocycles. The Bertz CT molecular complexity index is 1270. The number of pyridine rings is 1. The van der Waals surface area contributed by atoms with Gasteiger partial charge in [-0.1, -0.05) is 0 Å². The smallest absolute Gasteiger partial charge is 0.333 e. The van der Waals surface area contributed by atoms with Crippen LogP contribution in [-0.2, 0) is 5.54 Å². The molecule has 0 atom stereocenters. The minimum Gasteiger partial charge on any atom is -0.368 e. The van der Waals surface area contributed by atoms with Gasteiger partial charge in [-0.05, 0) is 32.0 Å². The van der Waals surface area contributed by atoms with Crippen molar-refractivity contribution in [2.24, 2.45) is 0 Å². The Kier molecular flexibility index (Phi) is 4.50. The number of imidazole rings is 1. The number of halogens is 2. The first kappa shape index (κ1) is 19.2. The van der Waals surface area contributed by atoms with Crippen molar-refractivity contribution in [2.45, 2.75) is 25.9 Å². The van der Waals surface area contributed by atoms with Crippen molar-refractivity contribution >= 4 is 17.4 Å². The van der Waals surface area contributed by atoms with E-state index in [0.717, 1.165) is 5.52 Å². The van der Waals surface area contributed by atoms with Gasteiger partial charge < -0.3 is 11.1 Å². The topological polar surface area (TPSA) is 136 Å². The summed E-state index contributed by atoms with van der Waals surface area (Å²) in [4.78, 5) is 16.7. The Morgan fingerprint density at radius 3 is 2.70 bits per heavy atom. The highest BCUT2D eigenvalue weighted by Crippen LogP contribution is 2.25. The zero-order chi connectivity index (χ0) is 21.5. The van der Waals surface area contributed by atoms with E-state index in [1.165, 1.54) is 12.3 Å². The average Bonchev–Trinajstić information content (AvgIpc) is 3.34. The number of nitrogens with zero attached hydrogens (tertiary/aromatic N) is 8. The summed E-state index contributed by atoms with van der Waals surface area (Å²) in [6.45, 7) is 0.772. The van der Waals surface area contributed by atoms with Crippen molar-refractivity contribution in [3.63, 3.8) is 0 Å². The van der Waals surface area contributed by atoms with Gasteiger partial charge in [-0.3, -0.25) is 4.40 Å². The minimum atomic E-state index is -2.73. The van der Waals surface area contributed by atoms with Crippen LogP contribution in [0, 0.1) is 11.3 Å². The molecule has 0 aliphatic rings. The molecule has 12 heteroatoms. The maximum Gasteiger partial charge on any atom is 0.333 e. The Morgan fingerprint density at radius 1 is 1.20 bits per heavy atom. The summed E-state index contributed by atoms with van der Waals surface area (Å²) in [7, 11) is 0. The van der Waals surface area contributed by atoms with Crippen molar-refractivity contribution in [2.75, 3.05) is 11.1 Å². The first-order valence-electron chi connectivity index (χ1n) is 8.78. The Labute approximate surface area is 169 Å². The van der Waals surface area contributed by atoms with Gasteiger partial charge in [0.2, 0.25) is 17.7 Å². The second-order valence-corrected chi connectivity index (χ2v) is 6.96. The van der Waals surface area contributed by atoms with E-state index >= 15 is 0 Å². The summed E-state index contributed by atoms with van der Waals surface area (Å²) in [6.07, 6.45) is 4.46. The van der Waals surface area contributed by atoms with Gasteiger partial charge >= 0.3 is 6.55 Å². The van der Waals surface area contributed by atoms with Crippen molar-refractivity contribution in [1.29, 1.82) is 5.26 Å². The quantitative estimate of drug-likeness (QED) is 0.512. The fourth-order valence-electron chi connectivity index (χ4n) is 2.91. The van der Waals surface area contributed by atoms with E-state index in [2.05, 4.69) is 30.4 Å².